The molecule has 1 atom stereocenters. The van der Waals surface area contributed by atoms with Crippen LogP contribution in [0.25, 0.3) is 28.2 Å². The van der Waals surface area contributed by atoms with E-state index in [4.69, 9.17) is 9.40 Å². The second kappa shape index (κ2) is 8.03. The summed E-state index contributed by atoms with van der Waals surface area (Å²) in [6.07, 6.45) is 5.20. The Bertz CT molecular complexity index is 1120. The molecule has 0 saturated carbocycles. The predicted molar refractivity (Wildman–Crippen MR) is 120 cm³/mol. The zero-order chi connectivity index (χ0) is 20.3. The third kappa shape index (κ3) is 3.67. The summed E-state index contributed by atoms with van der Waals surface area (Å²) in [6.45, 7) is 0. The highest BCUT2D eigenvalue weighted by Crippen LogP contribution is 2.40. The Balaban J connectivity index is 1.53. The van der Waals surface area contributed by atoms with E-state index in [0.717, 1.165) is 53.0 Å². The predicted octanol–water partition coefficient (Wildman–Crippen LogP) is 6.75. The lowest BCUT2D eigenvalue weighted by atomic mass is 9.93. The summed E-state index contributed by atoms with van der Waals surface area (Å²) < 4.78 is 6.40. The summed E-state index contributed by atoms with van der Waals surface area (Å²) in [5.41, 5.74) is 5.25. The molecule has 0 saturated heterocycles. The number of hydrogen-bond acceptors (Lipinski definition) is 3. The van der Waals surface area contributed by atoms with Gasteiger partial charge in [-0.3, -0.25) is 0 Å². The molecule has 0 bridgehead atoms. The molecule has 0 fully saturated rings. The van der Waals surface area contributed by atoms with Gasteiger partial charge in [-0.05, 0) is 42.9 Å². The van der Waals surface area contributed by atoms with E-state index in [2.05, 4.69) is 36.4 Å². The van der Waals surface area contributed by atoms with Gasteiger partial charge in [0.1, 0.15) is 11.4 Å². The minimum atomic E-state index is 0.310. The van der Waals surface area contributed by atoms with E-state index in [0.29, 0.717) is 17.6 Å². The number of phenolic OH excluding ortho intramolecular Hbond substituents is 1. The molecule has 0 radical (unpaired) electrons. The highest BCUT2D eigenvalue weighted by atomic mass is 16.4. The molecule has 3 heteroatoms. The first-order valence-electron chi connectivity index (χ1n) is 10.4. The van der Waals surface area contributed by atoms with Gasteiger partial charge < -0.3 is 9.52 Å². The Morgan fingerprint density at radius 2 is 1.60 bits per heavy atom. The van der Waals surface area contributed by atoms with Gasteiger partial charge in [-0.25, -0.2) is 4.98 Å². The van der Waals surface area contributed by atoms with Crippen LogP contribution in [-0.2, 0) is 6.42 Å². The first kappa shape index (κ1) is 18.4. The summed E-state index contributed by atoms with van der Waals surface area (Å²) in [7, 11) is 0. The Morgan fingerprint density at radius 3 is 2.33 bits per heavy atom. The fourth-order valence-electron chi connectivity index (χ4n) is 4.22. The molecule has 0 spiro atoms. The summed E-state index contributed by atoms with van der Waals surface area (Å²) in [4.78, 5) is 4.96. The number of aromatic hydroxyl groups is 1. The monoisotopic (exact) mass is 393 g/mol. The number of oxazole rings is 1. The summed E-state index contributed by atoms with van der Waals surface area (Å²) in [6, 6.07) is 27.9. The van der Waals surface area contributed by atoms with Crippen molar-refractivity contribution >= 4 is 5.57 Å². The first-order valence-corrected chi connectivity index (χ1v) is 10.4. The molecule has 1 heterocycles. The maximum atomic E-state index is 9.82. The van der Waals surface area contributed by atoms with Gasteiger partial charge in [0.25, 0.3) is 0 Å². The minimum Gasteiger partial charge on any atom is -0.508 e. The van der Waals surface area contributed by atoms with Gasteiger partial charge in [0.05, 0.1) is 0 Å². The van der Waals surface area contributed by atoms with Crippen LogP contribution in [0.5, 0.6) is 5.75 Å². The average Bonchev–Trinajstić information content (AvgIpc) is 3.42. The second-order valence-electron chi connectivity index (χ2n) is 7.74. The molecule has 0 amide bonds. The lowest BCUT2D eigenvalue weighted by molar-refractivity contribution is 0.474. The topological polar surface area (TPSA) is 46.3 Å². The Kier molecular flexibility index (Phi) is 4.94. The molecular formula is C27H23NO2. The van der Waals surface area contributed by atoms with Crippen molar-refractivity contribution in [3.63, 3.8) is 0 Å². The normalized spacial score (nSPS) is 15.9. The molecule has 1 aliphatic carbocycles. The van der Waals surface area contributed by atoms with Crippen LogP contribution in [0.15, 0.2) is 95.4 Å². The highest BCUT2D eigenvalue weighted by Gasteiger charge is 2.27. The fourth-order valence-corrected chi connectivity index (χ4v) is 4.22. The maximum Gasteiger partial charge on any atom is 0.223 e. The van der Waals surface area contributed by atoms with Crippen molar-refractivity contribution in [2.75, 3.05) is 0 Å². The summed E-state index contributed by atoms with van der Waals surface area (Å²) in [5.74, 6) is 2.15. The number of hydrogen-bond donors (Lipinski definition) is 1. The molecule has 148 valence electrons. The van der Waals surface area contributed by atoms with Gasteiger partial charge in [-0.2, -0.15) is 0 Å². The van der Waals surface area contributed by atoms with Crippen LogP contribution in [0.3, 0.4) is 0 Å². The molecule has 0 unspecified atom stereocenters. The Labute approximate surface area is 176 Å². The van der Waals surface area contributed by atoms with Gasteiger partial charge in [0.15, 0.2) is 5.76 Å². The number of nitrogens with zero attached hydrogens (tertiary/aromatic N) is 1. The number of phenols is 1. The zero-order valence-corrected chi connectivity index (χ0v) is 16.7. The standard InChI is InChI=1S/C27H23NO2/c29-23-15-7-9-19(18-23)17-22-14-8-16-24(22)27-28-25(20-10-3-1-4-11-20)26(30-27)21-12-5-2-6-13-21/h1-7,9-13,15-16,18,22,29H,8,14,17H2/t22-/m1/s1. The van der Waals surface area contributed by atoms with Gasteiger partial charge in [0.2, 0.25) is 5.89 Å². The van der Waals surface area contributed by atoms with Crippen LogP contribution in [0, 0.1) is 5.92 Å². The zero-order valence-electron chi connectivity index (χ0n) is 16.7. The molecule has 3 nitrogen and oxygen atoms in total. The van der Waals surface area contributed by atoms with Crippen LogP contribution in [-0.4, -0.2) is 10.1 Å². The van der Waals surface area contributed by atoms with Crippen molar-refractivity contribution < 1.29 is 9.52 Å². The van der Waals surface area contributed by atoms with Crippen LogP contribution in [0.4, 0.5) is 0 Å². The highest BCUT2D eigenvalue weighted by molar-refractivity contribution is 5.79. The van der Waals surface area contributed by atoms with E-state index in [9.17, 15) is 5.11 Å². The molecule has 1 aliphatic rings. The number of benzene rings is 3. The summed E-state index contributed by atoms with van der Waals surface area (Å²) >= 11 is 0. The molecule has 4 aromatic rings. The lowest BCUT2D eigenvalue weighted by Crippen LogP contribution is -2.03. The summed E-state index contributed by atoms with van der Waals surface area (Å²) in [5, 5.41) is 9.82. The minimum absolute atomic E-state index is 0.310. The number of allylic oxidation sites excluding steroid dienone is 2. The van der Waals surface area contributed by atoms with Gasteiger partial charge in [0, 0.05) is 16.7 Å². The van der Waals surface area contributed by atoms with Crippen LogP contribution in [0.2, 0.25) is 0 Å². The van der Waals surface area contributed by atoms with Crippen molar-refractivity contribution in [2.45, 2.75) is 19.3 Å². The van der Waals surface area contributed by atoms with Gasteiger partial charge >= 0.3 is 0 Å². The molecule has 3 aromatic carbocycles. The van der Waals surface area contributed by atoms with E-state index in [1.54, 1.807) is 6.07 Å². The maximum absolute atomic E-state index is 9.82. The molecular weight excluding hydrogens is 370 g/mol. The molecule has 0 aliphatic heterocycles. The largest absolute Gasteiger partial charge is 0.508 e. The van der Waals surface area contributed by atoms with E-state index < -0.39 is 0 Å². The van der Waals surface area contributed by atoms with Gasteiger partial charge in [-0.15, -0.1) is 0 Å². The lowest BCUT2D eigenvalue weighted by Gasteiger charge is -2.13. The number of aromatic nitrogens is 1. The molecule has 1 aromatic heterocycles. The second-order valence-corrected chi connectivity index (χ2v) is 7.74. The quantitative estimate of drug-likeness (QED) is 0.408. The van der Waals surface area contributed by atoms with Crippen molar-refractivity contribution in [3.05, 3.63) is 102 Å². The van der Waals surface area contributed by atoms with Crippen molar-refractivity contribution in [1.82, 2.24) is 4.98 Å². The van der Waals surface area contributed by atoms with E-state index >= 15 is 0 Å². The number of rotatable bonds is 5. The first-order chi connectivity index (χ1) is 14.8. The Morgan fingerprint density at radius 1 is 0.867 bits per heavy atom. The van der Waals surface area contributed by atoms with E-state index in [1.807, 2.05) is 48.5 Å². The van der Waals surface area contributed by atoms with Crippen molar-refractivity contribution in [2.24, 2.45) is 5.92 Å². The van der Waals surface area contributed by atoms with Crippen LogP contribution < -0.4 is 0 Å². The molecule has 1 N–H and O–H groups in total. The average molecular weight is 393 g/mol. The van der Waals surface area contributed by atoms with E-state index in [-0.39, 0.29) is 0 Å². The van der Waals surface area contributed by atoms with Crippen LogP contribution >= 0.6 is 0 Å². The Hall–Kier alpha value is -3.59. The van der Waals surface area contributed by atoms with Crippen LogP contribution in [0.1, 0.15) is 24.3 Å². The van der Waals surface area contributed by atoms with E-state index in [1.165, 1.54) is 0 Å². The SMILES string of the molecule is Oc1cccc(C[C@H]2CCC=C2c2nc(-c3ccccc3)c(-c3ccccc3)o2)c1. The third-order valence-electron chi connectivity index (χ3n) is 5.67. The third-order valence-corrected chi connectivity index (χ3v) is 5.67. The molecule has 30 heavy (non-hydrogen) atoms. The van der Waals surface area contributed by atoms with Gasteiger partial charge in [-0.1, -0.05) is 78.9 Å². The smallest absolute Gasteiger partial charge is 0.223 e. The van der Waals surface area contributed by atoms with Crippen molar-refractivity contribution in [1.29, 1.82) is 0 Å². The molecule has 5 rings (SSSR count). The van der Waals surface area contributed by atoms with Crippen molar-refractivity contribution in [3.8, 4) is 28.3 Å². The fraction of sp³-hybridized carbons (Fsp3) is 0.148.